The van der Waals surface area contributed by atoms with Crippen LogP contribution in [-0.2, 0) is 37.8 Å². The van der Waals surface area contributed by atoms with Crippen LogP contribution in [0.25, 0.3) is 32.8 Å². The molecule has 6 rings (SSSR count). The van der Waals surface area contributed by atoms with Gasteiger partial charge in [-0.3, -0.25) is 4.68 Å². The van der Waals surface area contributed by atoms with Crippen molar-refractivity contribution in [3.05, 3.63) is 95.0 Å². The molecule has 1 aliphatic rings. The molecule has 1 aliphatic heterocycles. The fourth-order valence-corrected chi connectivity index (χ4v) is 6.32. The SMILES string of the molecule is CCCc1nn(C)c2c1-c1c(C)ccc3c(CCCOc4cccc5ccccc45)c(C(=O)O)n(c13)C/C=C\COC2. The molecule has 0 amide bonds. The third-order valence-corrected chi connectivity index (χ3v) is 8.20. The first-order chi connectivity index (χ1) is 20.5. The smallest absolute Gasteiger partial charge is 0.352 e. The van der Waals surface area contributed by atoms with Gasteiger partial charge in [-0.2, -0.15) is 5.10 Å². The molecule has 3 heterocycles. The van der Waals surface area contributed by atoms with E-state index in [4.69, 9.17) is 14.6 Å². The second-order valence-corrected chi connectivity index (χ2v) is 11.0. The van der Waals surface area contributed by atoms with Crippen LogP contribution in [0.2, 0.25) is 0 Å². The van der Waals surface area contributed by atoms with Gasteiger partial charge in [-0.05, 0) is 48.8 Å². The Morgan fingerprint density at radius 1 is 1.02 bits per heavy atom. The van der Waals surface area contributed by atoms with Gasteiger partial charge in [-0.25, -0.2) is 4.79 Å². The van der Waals surface area contributed by atoms with E-state index in [9.17, 15) is 9.90 Å². The average molecular weight is 564 g/mol. The van der Waals surface area contributed by atoms with Crippen LogP contribution >= 0.6 is 0 Å². The number of rotatable bonds is 8. The maximum Gasteiger partial charge on any atom is 0.352 e. The predicted molar refractivity (Wildman–Crippen MR) is 166 cm³/mol. The van der Waals surface area contributed by atoms with Crippen LogP contribution in [0.1, 0.15) is 52.8 Å². The zero-order chi connectivity index (χ0) is 29.2. The van der Waals surface area contributed by atoms with Gasteiger partial charge in [-0.15, -0.1) is 0 Å². The largest absolute Gasteiger partial charge is 0.493 e. The number of carboxylic acids is 1. The van der Waals surface area contributed by atoms with E-state index in [1.807, 2.05) is 52.7 Å². The number of hydrogen-bond acceptors (Lipinski definition) is 4. The number of carbonyl (C=O) groups is 1. The van der Waals surface area contributed by atoms with Crippen molar-refractivity contribution in [1.82, 2.24) is 14.3 Å². The lowest BCUT2D eigenvalue weighted by Crippen LogP contribution is -2.11. The molecule has 3 aromatic carbocycles. The molecule has 0 unspecified atom stereocenters. The molecule has 7 nitrogen and oxygen atoms in total. The Kier molecular flexibility index (Phi) is 7.85. The third kappa shape index (κ3) is 4.98. The molecule has 42 heavy (non-hydrogen) atoms. The lowest BCUT2D eigenvalue weighted by atomic mass is 9.93. The van der Waals surface area contributed by atoms with Gasteiger partial charge in [0, 0.05) is 35.5 Å². The second kappa shape index (κ2) is 11.9. The van der Waals surface area contributed by atoms with Crippen LogP contribution in [0.4, 0.5) is 0 Å². The van der Waals surface area contributed by atoms with Gasteiger partial charge in [0.2, 0.25) is 0 Å². The molecule has 5 aromatic rings. The molecule has 0 spiro atoms. The normalized spacial score (nSPS) is 14.1. The van der Waals surface area contributed by atoms with Crippen LogP contribution in [0, 0.1) is 6.92 Å². The number of ether oxygens (including phenoxy) is 2. The lowest BCUT2D eigenvalue weighted by molar-refractivity contribution is 0.0685. The van der Waals surface area contributed by atoms with Crippen LogP contribution in [-0.4, -0.2) is 38.6 Å². The fourth-order valence-electron chi connectivity index (χ4n) is 6.32. The molecule has 216 valence electrons. The highest BCUT2D eigenvalue weighted by molar-refractivity contribution is 6.05. The third-order valence-electron chi connectivity index (χ3n) is 8.20. The molecular formula is C35H37N3O4. The summed E-state index contributed by atoms with van der Waals surface area (Å²) >= 11 is 0. The predicted octanol–water partition coefficient (Wildman–Crippen LogP) is 7.25. The Hall–Kier alpha value is -4.36. The van der Waals surface area contributed by atoms with Crippen molar-refractivity contribution in [2.24, 2.45) is 7.05 Å². The molecular weight excluding hydrogens is 526 g/mol. The number of aryl methyl sites for hydroxylation is 4. The van der Waals surface area contributed by atoms with Crippen LogP contribution in [0.15, 0.2) is 66.7 Å². The van der Waals surface area contributed by atoms with Crippen molar-refractivity contribution in [1.29, 1.82) is 0 Å². The molecule has 2 aromatic heterocycles. The maximum absolute atomic E-state index is 12.9. The van der Waals surface area contributed by atoms with Gasteiger partial charge >= 0.3 is 5.97 Å². The first kappa shape index (κ1) is 27.8. The highest BCUT2D eigenvalue weighted by Crippen LogP contribution is 2.41. The monoisotopic (exact) mass is 563 g/mol. The van der Waals surface area contributed by atoms with Crippen molar-refractivity contribution in [2.75, 3.05) is 13.2 Å². The highest BCUT2D eigenvalue weighted by atomic mass is 16.5. The lowest BCUT2D eigenvalue weighted by Gasteiger charge is -2.14. The number of nitrogens with zero attached hydrogens (tertiary/aromatic N) is 3. The summed E-state index contributed by atoms with van der Waals surface area (Å²) in [4.78, 5) is 12.9. The highest BCUT2D eigenvalue weighted by Gasteiger charge is 2.28. The summed E-state index contributed by atoms with van der Waals surface area (Å²) in [6.07, 6.45) is 7.06. The zero-order valence-electron chi connectivity index (χ0n) is 24.5. The quantitative estimate of drug-likeness (QED) is 0.159. The van der Waals surface area contributed by atoms with Crippen LogP contribution in [0.3, 0.4) is 0 Å². The van der Waals surface area contributed by atoms with Gasteiger partial charge in [0.15, 0.2) is 0 Å². The summed E-state index contributed by atoms with van der Waals surface area (Å²) < 4.78 is 16.2. The van der Waals surface area contributed by atoms with Crippen LogP contribution in [0.5, 0.6) is 5.75 Å². The van der Waals surface area contributed by atoms with E-state index in [2.05, 4.69) is 44.2 Å². The van der Waals surface area contributed by atoms with E-state index in [-0.39, 0.29) is 0 Å². The minimum absolute atomic E-state index is 0.342. The molecule has 0 bridgehead atoms. The molecule has 0 aliphatic carbocycles. The van der Waals surface area contributed by atoms with Crippen molar-refractivity contribution in [2.45, 2.75) is 52.7 Å². The van der Waals surface area contributed by atoms with E-state index < -0.39 is 5.97 Å². The number of aromatic nitrogens is 3. The molecule has 0 fully saturated rings. The number of aromatic carboxylic acids is 1. The second-order valence-electron chi connectivity index (χ2n) is 11.0. The van der Waals surface area contributed by atoms with Crippen molar-refractivity contribution in [3.8, 4) is 16.9 Å². The van der Waals surface area contributed by atoms with Gasteiger partial charge in [0.05, 0.1) is 36.7 Å². The van der Waals surface area contributed by atoms with Gasteiger partial charge in [0.1, 0.15) is 11.4 Å². The number of carboxylic acid groups (broad SMARTS) is 1. The minimum atomic E-state index is -0.917. The molecule has 0 saturated heterocycles. The minimum Gasteiger partial charge on any atom is -0.493 e. The molecule has 0 atom stereocenters. The van der Waals surface area contributed by atoms with E-state index in [1.165, 1.54) is 0 Å². The van der Waals surface area contributed by atoms with Gasteiger partial charge < -0.3 is 19.1 Å². The summed E-state index contributed by atoms with van der Waals surface area (Å²) in [5, 5.41) is 18.7. The van der Waals surface area contributed by atoms with E-state index >= 15 is 0 Å². The molecule has 0 radical (unpaired) electrons. The van der Waals surface area contributed by atoms with Crippen molar-refractivity contribution < 1.29 is 19.4 Å². The Labute approximate surface area is 246 Å². The molecule has 1 N–H and O–H groups in total. The Morgan fingerprint density at radius 2 is 1.86 bits per heavy atom. The van der Waals surface area contributed by atoms with E-state index in [1.54, 1.807) is 0 Å². The summed E-state index contributed by atoms with van der Waals surface area (Å²) in [5.74, 6) is -0.0687. The first-order valence-electron chi connectivity index (χ1n) is 14.8. The fraction of sp³-hybridized carbons (Fsp3) is 0.314. The summed E-state index contributed by atoms with van der Waals surface area (Å²) in [6.45, 7) is 6.09. The van der Waals surface area contributed by atoms with E-state index in [0.717, 1.165) is 73.9 Å². The van der Waals surface area contributed by atoms with Crippen molar-refractivity contribution >= 4 is 27.6 Å². The molecule has 0 saturated carbocycles. The Balaban J connectivity index is 1.45. The summed E-state index contributed by atoms with van der Waals surface area (Å²) in [7, 11) is 1.97. The zero-order valence-corrected chi connectivity index (χ0v) is 24.5. The van der Waals surface area contributed by atoms with E-state index in [0.29, 0.717) is 44.9 Å². The number of allylic oxidation sites excluding steroid dienone is 1. The standard InChI is InChI=1S/C35H37N3O4/c1-4-11-28-32-29(37(3)36-28)22-41-20-8-7-19-38-33-27(18-17-23(2)31(32)33)26(34(38)35(39)40)15-10-21-42-30-16-9-13-24-12-5-6-14-25(24)30/h5-9,12-14,16-18H,4,10-11,15,19-22H2,1-3H3,(H,39,40)/b8-7-. The summed E-state index contributed by atoms with van der Waals surface area (Å²) in [5.41, 5.74) is 7.41. The first-order valence-corrected chi connectivity index (χ1v) is 14.8. The average Bonchev–Trinajstić information content (AvgIpc) is 3.45. The summed E-state index contributed by atoms with van der Waals surface area (Å²) in [6, 6.07) is 18.5. The molecule has 7 heteroatoms. The Morgan fingerprint density at radius 3 is 2.69 bits per heavy atom. The maximum atomic E-state index is 12.9. The van der Waals surface area contributed by atoms with Gasteiger partial charge in [-0.1, -0.05) is 74.0 Å². The van der Waals surface area contributed by atoms with Gasteiger partial charge in [0.25, 0.3) is 0 Å². The number of fused-ring (bicyclic) bond motifs is 3. The van der Waals surface area contributed by atoms with Crippen LogP contribution < -0.4 is 4.74 Å². The van der Waals surface area contributed by atoms with Crippen molar-refractivity contribution in [3.63, 3.8) is 0 Å². The number of benzene rings is 3. The Bertz CT molecular complexity index is 1810. The topological polar surface area (TPSA) is 78.5 Å². The number of hydrogen-bond donors (Lipinski definition) is 1.